The zero-order valence-corrected chi connectivity index (χ0v) is 15.4. The van der Waals surface area contributed by atoms with E-state index in [0.29, 0.717) is 18.5 Å². The van der Waals surface area contributed by atoms with Crippen molar-refractivity contribution in [1.82, 2.24) is 9.80 Å². The molecule has 3 heteroatoms. The van der Waals surface area contributed by atoms with E-state index in [2.05, 4.69) is 16.8 Å². The number of carbonyl (C=O) groups is 1. The molecule has 1 aliphatic carbocycles. The van der Waals surface area contributed by atoms with Crippen LogP contribution in [0, 0.1) is 0 Å². The van der Waals surface area contributed by atoms with Crippen LogP contribution in [0.15, 0.2) is 0 Å². The number of amides is 1. The Labute approximate surface area is 143 Å². The first kappa shape index (κ1) is 18.8. The number of hydrogen-bond donors (Lipinski definition) is 0. The minimum atomic E-state index is 0.351. The largest absolute Gasteiger partial charge is 0.342 e. The van der Waals surface area contributed by atoms with Crippen LogP contribution < -0.4 is 0 Å². The molecule has 0 spiro atoms. The summed E-state index contributed by atoms with van der Waals surface area (Å²) >= 11 is 0. The summed E-state index contributed by atoms with van der Waals surface area (Å²) in [5.41, 5.74) is 0. The van der Waals surface area contributed by atoms with Gasteiger partial charge in [-0.05, 0) is 38.8 Å². The molecular weight excluding hydrogens is 284 g/mol. The maximum absolute atomic E-state index is 12.7. The Balaban J connectivity index is 1.79. The molecule has 0 unspecified atom stereocenters. The first-order valence-corrected chi connectivity index (χ1v) is 10.3. The van der Waals surface area contributed by atoms with E-state index in [0.717, 1.165) is 13.1 Å². The highest BCUT2D eigenvalue weighted by molar-refractivity contribution is 5.78. The van der Waals surface area contributed by atoms with E-state index in [9.17, 15) is 4.79 Å². The lowest BCUT2D eigenvalue weighted by molar-refractivity contribution is -0.133. The lowest BCUT2D eigenvalue weighted by Gasteiger charge is -2.32. The van der Waals surface area contributed by atoms with Crippen LogP contribution in [-0.2, 0) is 4.79 Å². The van der Waals surface area contributed by atoms with Gasteiger partial charge in [0.1, 0.15) is 0 Å². The van der Waals surface area contributed by atoms with Gasteiger partial charge in [0, 0.05) is 13.1 Å². The zero-order chi connectivity index (χ0) is 16.3. The number of nitrogens with zero attached hydrogens (tertiary/aromatic N) is 2. The summed E-state index contributed by atoms with van der Waals surface area (Å²) in [6, 6.07) is 0.478. The zero-order valence-electron chi connectivity index (χ0n) is 15.4. The first-order chi connectivity index (χ1) is 11.3. The fourth-order valence-electron chi connectivity index (χ4n) is 4.15. The Morgan fingerprint density at radius 3 is 1.74 bits per heavy atom. The van der Waals surface area contributed by atoms with Crippen molar-refractivity contribution in [1.29, 1.82) is 0 Å². The van der Waals surface area contributed by atoms with Gasteiger partial charge in [-0.3, -0.25) is 9.69 Å². The minimum absolute atomic E-state index is 0.351. The third kappa shape index (κ3) is 7.24. The van der Waals surface area contributed by atoms with Crippen molar-refractivity contribution in [3.05, 3.63) is 0 Å². The molecule has 1 aliphatic heterocycles. The van der Waals surface area contributed by atoms with Crippen LogP contribution in [0.1, 0.15) is 89.9 Å². The number of likely N-dealkylation sites (N-methyl/N-ethyl adjacent to an activating group) is 1. The first-order valence-electron chi connectivity index (χ1n) is 10.3. The van der Waals surface area contributed by atoms with Crippen LogP contribution in [0.2, 0.25) is 0 Å². The highest BCUT2D eigenvalue weighted by atomic mass is 16.2. The smallest absolute Gasteiger partial charge is 0.236 e. The van der Waals surface area contributed by atoms with E-state index >= 15 is 0 Å². The molecule has 0 N–H and O–H groups in total. The summed E-state index contributed by atoms with van der Waals surface area (Å²) in [4.78, 5) is 17.1. The van der Waals surface area contributed by atoms with Crippen LogP contribution in [0.5, 0.6) is 0 Å². The average molecular weight is 323 g/mol. The molecule has 1 saturated heterocycles. The van der Waals surface area contributed by atoms with Crippen molar-refractivity contribution in [2.45, 2.75) is 95.9 Å². The van der Waals surface area contributed by atoms with Crippen molar-refractivity contribution in [3.8, 4) is 0 Å². The van der Waals surface area contributed by atoms with E-state index in [1.165, 1.54) is 89.9 Å². The fraction of sp³-hybridized carbons (Fsp3) is 0.950. The van der Waals surface area contributed by atoms with Gasteiger partial charge in [0.2, 0.25) is 5.91 Å². The average Bonchev–Trinajstić information content (AvgIpc) is 2.56. The third-order valence-electron chi connectivity index (χ3n) is 5.82. The maximum atomic E-state index is 12.7. The minimum Gasteiger partial charge on any atom is -0.342 e. The molecule has 134 valence electrons. The highest BCUT2D eigenvalue weighted by Crippen LogP contribution is 2.20. The summed E-state index contributed by atoms with van der Waals surface area (Å²) in [5, 5.41) is 0. The molecule has 2 fully saturated rings. The van der Waals surface area contributed by atoms with E-state index in [4.69, 9.17) is 0 Å². The van der Waals surface area contributed by atoms with Gasteiger partial charge in [0.25, 0.3) is 0 Å². The van der Waals surface area contributed by atoms with Gasteiger partial charge < -0.3 is 4.90 Å². The number of likely N-dealkylation sites (tertiary alicyclic amines) is 1. The van der Waals surface area contributed by atoms with Gasteiger partial charge in [0.05, 0.1) is 6.54 Å². The van der Waals surface area contributed by atoms with Gasteiger partial charge in [-0.25, -0.2) is 0 Å². The number of rotatable bonds is 3. The standard InChI is InChI=1S/C20H38N2O/c1-21(20(23)18-22-16-12-9-13-17-22)19-14-10-7-5-3-2-4-6-8-11-15-19/h19H,2-18H2,1H3. The third-order valence-corrected chi connectivity index (χ3v) is 5.82. The summed E-state index contributed by atoms with van der Waals surface area (Å²) in [6.45, 7) is 2.88. The summed E-state index contributed by atoms with van der Waals surface area (Å²) in [7, 11) is 2.06. The van der Waals surface area contributed by atoms with Crippen LogP contribution in [-0.4, -0.2) is 48.4 Å². The van der Waals surface area contributed by atoms with E-state index in [1.54, 1.807) is 0 Å². The van der Waals surface area contributed by atoms with Crippen LogP contribution >= 0.6 is 0 Å². The lowest BCUT2D eigenvalue weighted by atomic mass is 9.97. The molecule has 23 heavy (non-hydrogen) atoms. The Morgan fingerprint density at radius 1 is 0.783 bits per heavy atom. The van der Waals surface area contributed by atoms with Crippen LogP contribution in [0.4, 0.5) is 0 Å². The molecular formula is C20H38N2O. The molecule has 3 nitrogen and oxygen atoms in total. The lowest BCUT2D eigenvalue weighted by Crippen LogP contribution is -2.44. The molecule has 0 bridgehead atoms. The molecule has 1 amide bonds. The van der Waals surface area contributed by atoms with E-state index in [-0.39, 0.29) is 0 Å². The van der Waals surface area contributed by atoms with Gasteiger partial charge in [0.15, 0.2) is 0 Å². The fourth-order valence-corrected chi connectivity index (χ4v) is 4.15. The Morgan fingerprint density at radius 2 is 1.22 bits per heavy atom. The predicted molar refractivity (Wildman–Crippen MR) is 97.6 cm³/mol. The second-order valence-electron chi connectivity index (χ2n) is 7.75. The SMILES string of the molecule is CN(C(=O)CN1CCCCC1)C1CCCCCCCCCCC1. The summed E-state index contributed by atoms with van der Waals surface area (Å²) in [6.07, 6.45) is 18.6. The van der Waals surface area contributed by atoms with Gasteiger partial charge in [-0.1, -0.05) is 64.2 Å². The van der Waals surface area contributed by atoms with Crippen LogP contribution in [0.25, 0.3) is 0 Å². The molecule has 0 radical (unpaired) electrons. The topological polar surface area (TPSA) is 23.6 Å². The quantitative estimate of drug-likeness (QED) is 0.758. The molecule has 0 aromatic heterocycles. The Bertz CT molecular complexity index is 314. The number of piperidine rings is 1. The van der Waals surface area contributed by atoms with Gasteiger partial charge >= 0.3 is 0 Å². The van der Waals surface area contributed by atoms with Gasteiger partial charge in [-0.2, -0.15) is 0 Å². The highest BCUT2D eigenvalue weighted by Gasteiger charge is 2.22. The van der Waals surface area contributed by atoms with Gasteiger partial charge in [-0.15, -0.1) is 0 Å². The Hall–Kier alpha value is -0.570. The molecule has 0 atom stereocenters. The maximum Gasteiger partial charge on any atom is 0.236 e. The monoisotopic (exact) mass is 322 g/mol. The van der Waals surface area contributed by atoms with Crippen LogP contribution in [0.3, 0.4) is 0 Å². The predicted octanol–water partition coefficient (Wildman–Crippen LogP) is 4.60. The summed E-state index contributed by atoms with van der Waals surface area (Å²) < 4.78 is 0. The molecule has 0 aromatic rings. The molecule has 0 aromatic carbocycles. The molecule has 1 heterocycles. The normalized spacial score (nSPS) is 23.7. The summed E-state index contributed by atoms with van der Waals surface area (Å²) in [5.74, 6) is 0.351. The second-order valence-corrected chi connectivity index (χ2v) is 7.75. The number of carbonyl (C=O) groups excluding carboxylic acids is 1. The van der Waals surface area contributed by atoms with E-state index < -0.39 is 0 Å². The van der Waals surface area contributed by atoms with Crippen molar-refractivity contribution >= 4 is 5.91 Å². The second kappa shape index (κ2) is 11.1. The molecule has 2 rings (SSSR count). The van der Waals surface area contributed by atoms with Crippen molar-refractivity contribution in [3.63, 3.8) is 0 Å². The Kier molecular flexibility index (Phi) is 9.03. The van der Waals surface area contributed by atoms with Crippen molar-refractivity contribution < 1.29 is 4.79 Å². The number of hydrogen-bond acceptors (Lipinski definition) is 2. The molecule has 1 saturated carbocycles. The van der Waals surface area contributed by atoms with Crippen molar-refractivity contribution in [2.24, 2.45) is 0 Å². The molecule has 2 aliphatic rings. The van der Waals surface area contributed by atoms with E-state index in [1.807, 2.05) is 0 Å². The van der Waals surface area contributed by atoms with Crippen molar-refractivity contribution in [2.75, 3.05) is 26.7 Å².